The summed E-state index contributed by atoms with van der Waals surface area (Å²) in [6.07, 6.45) is 1.68. The molecule has 0 radical (unpaired) electrons. The largest absolute Gasteiger partial charge is 0.324 e. The Kier molecular flexibility index (Phi) is 5.15. The van der Waals surface area contributed by atoms with Crippen LogP contribution >= 0.6 is 11.6 Å². The first-order valence-corrected chi connectivity index (χ1v) is 10.4. The topological polar surface area (TPSA) is 50.2 Å². The van der Waals surface area contributed by atoms with Gasteiger partial charge in [-0.3, -0.25) is 4.99 Å². The van der Waals surface area contributed by atoms with Crippen molar-refractivity contribution in [1.82, 2.24) is 9.97 Å². The number of nitrogens with zero attached hydrogens (tertiary/aromatic N) is 3. The zero-order valence-corrected chi connectivity index (χ0v) is 17.8. The Balaban J connectivity index is 1.64. The Bertz CT molecular complexity index is 1350. The van der Waals surface area contributed by atoms with Crippen LogP contribution in [-0.2, 0) is 6.54 Å². The second-order valence-electron chi connectivity index (χ2n) is 7.51. The van der Waals surface area contributed by atoms with Crippen molar-refractivity contribution in [1.29, 1.82) is 0 Å². The minimum atomic E-state index is -0.687. The first-order valence-electron chi connectivity index (χ1n) is 9.98. The predicted octanol–water partition coefficient (Wildman–Crippen LogP) is 6.48. The van der Waals surface area contributed by atoms with Gasteiger partial charge in [0.2, 0.25) is 5.95 Å². The molecule has 0 fully saturated rings. The summed E-state index contributed by atoms with van der Waals surface area (Å²) in [5.74, 6) is -0.962. The van der Waals surface area contributed by atoms with E-state index in [2.05, 4.69) is 15.3 Å². The third-order valence-electron chi connectivity index (χ3n) is 5.27. The highest BCUT2D eigenvalue weighted by molar-refractivity contribution is 6.31. The minimum absolute atomic E-state index is 0.176. The van der Waals surface area contributed by atoms with Crippen molar-refractivity contribution >= 4 is 28.9 Å². The molecule has 1 aliphatic heterocycles. The van der Waals surface area contributed by atoms with E-state index in [1.165, 1.54) is 18.2 Å². The smallest absolute Gasteiger partial charge is 0.227 e. The first kappa shape index (κ1) is 20.3. The summed E-state index contributed by atoms with van der Waals surface area (Å²) in [6.45, 7) is 2.19. The summed E-state index contributed by atoms with van der Waals surface area (Å²) in [7, 11) is 0. The van der Waals surface area contributed by atoms with Crippen molar-refractivity contribution < 1.29 is 8.78 Å². The summed E-state index contributed by atoms with van der Waals surface area (Å²) in [5, 5.41) is 3.63. The molecule has 158 valence electrons. The Hall–Kier alpha value is -3.64. The van der Waals surface area contributed by atoms with Gasteiger partial charge in [-0.15, -0.1) is 0 Å². The maximum atomic E-state index is 14.6. The second kappa shape index (κ2) is 8.13. The molecular formula is C25H17ClF2N4. The molecule has 0 saturated carbocycles. The van der Waals surface area contributed by atoms with Crippen molar-refractivity contribution in [3.8, 4) is 11.3 Å². The average molecular weight is 447 g/mol. The monoisotopic (exact) mass is 446 g/mol. The van der Waals surface area contributed by atoms with Gasteiger partial charge in [0.15, 0.2) is 0 Å². The molecule has 7 heteroatoms. The third-order valence-corrected chi connectivity index (χ3v) is 5.51. The van der Waals surface area contributed by atoms with Gasteiger partial charge in [-0.1, -0.05) is 41.4 Å². The van der Waals surface area contributed by atoms with Crippen LogP contribution in [0.5, 0.6) is 0 Å². The summed E-state index contributed by atoms with van der Waals surface area (Å²) < 4.78 is 29.3. The molecule has 4 aromatic rings. The lowest BCUT2D eigenvalue weighted by atomic mass is 9.95. The highest BCUT2D eigenvalue weighted by Crippen LogP contribution is 2.34. The number of hydrogen-bond acceptors (Lipinski definition) is 4. The molecule has 1 aromatic heterocycles. The van der Waals surface area contributed by atoms with E-state index in [1.807, 2.05) is 31.2 Å². The average Bonchev–Trinajstić information content (AvgIpc) is 2.92. The predicted molar refractivity (Wildman–Crippen MR) is 123 cm³/mol. The highest BCUT2D eigenvalue weighted by atomic mass is 35.5. The van der Waals surface area contributed by atoms with Gasteiger partial charge >= 0.3 is 0 Å². The van der Waals surface area contributed by atoms with Crippen LogP contribution in [0.1, 0.15) is 22.3 Å². The number of benzene rings is 3. The molecule has 4 nitrogen and oxygen atoms in total. The maximum Gasteiger partial charge on any atom is 0.227 e. The van der Waals surface area contributed by atoms with Gasteiger partial charge in [0.1, 0.15) is 11.6 Å². The fourth-order valence-corrected chi connectivity index (χ4v) is 3.86. The quantitative estimate of drug-likeness (QED) is 0.392. The Morgan fingerprint density at radius 2 is 1.69 bits per heavy atom. The zero-order chi connectivity index (χ0) is 22.2. The number of aryl methyl sites for hydroxylation is 1. The van der Waals surface area contributed by atoms with Crippen LogP contribution in [0.15, 0.2) is 71.9 Å². The molecule has 1 N–H and O–H groups in total. The van der Waals surface area contributed by atoms with Crippen molar-refractivity contribution in [2.45, 2.75) is 13.5 Å². The van der Waals surface area contributed by atoms with Crippen LogP contribution in [0.4, 0.5) is 20.4 Å². The molecule has 0 unspecified atom stereocenters. The normalized spacial score (nSPS) is 12.4. The van der Waals surface area contributed by atoms with E-state index in [9.17, 15) is 8.78 Å². The standard InChI is InChI=1S/C25H17ClF2N4/c1-14-5-8-17(9-6-14)31-25-30-13-15-12-29-24(22-20(27)3-2-4-21(22)28)19-11-16(26)7-10-18(19)23(15)32-25/h2-11,13H,12H2,1H3,(H,30,31,32). The number of aromatic nitrogens is 2. The lowest BCUT2D eigenvalue weighted by molar-refractivity contribution is 0.579. The van der Waals surface area contributed by atoms with Crippen molar-refractivity contribution in [2.75, 3.05) is 5.32 Å². The summed E-state index contributed by atoms with van der Waals surface area (Å²) >= 11 is 6.25. The third kappa shape index (κ3) is 3.74. The van der Waals surface area contributed by atoms with Gasteiger partial charge in [-0.25, -0.2) is 18.7 Å². The molecule has 0 aliphatic carbocycles. The van der Waals surface area contributed by atoms with Gasteiger partial charge in [0.05, 0.1) is 23.5 Å². The minimum Gasteiger partial charge on any atom is -0.324 e. The van der Waals surface area contributed by atoms with Crippen LogP contribution in [0.3, 0.4) is 0 Å². The molecule has 32 heavy (non-hydrogen) atoms. The van der Waals surface area contributed by atoms with Gasteiger partial charge in [-0.05, 0) is 43.3 Å². The van der Waals surface area contributed by atoms with E-state index in [0.29, 0.717) is 27.8 Å². The number of aliphatic imine (C=N–C) groups is 1. The highest BCUT2D eigenvalue weighted by Gasteiger charge is 2.25. The van der Waals surface area contributed by atoms with E-state index in [1.54, 1.807) is 24.4 Å². The van der Waals surface area contributed by atoms with Crippen LogP contribution in [0, 0.1) is 18.6 Å². The van der Waals surface area contributed by atoms with E-state index in [4.69, 9.17) is 16.6 Å². The van der Waals surface area contributed by atoms with Crippen LogP contribution < -0.4 is 5.32 Å². The number of rotatable bonds is 3. The maximum absolute atomic E-state index is 14.6. The van der Waals surface area contributed by atoms with Crippen LogP contribution in [0.25, 0.3) is 11.3 Å². The van der Waals surface area contributed by atoms with Gasteiger partial charge in [0.25, 0.3) is 0 Å². The summed E-state index contributed by atoms with van der Waals surface area (Å²) in [4.78, 5) is 13.7. The van der Waals surface area contributed by atoms with E-state index in [0.717, 1.165) is 16.8 Å². The van der Waals surface area contributed by atoms with E-state index < -0.39 is 11.6 Å². The molecule has 1 aliphatic rings. The summed E-state index contributed by atoms with van der Waals surface area (Å²) in [5.41, 5.74) is 4.59. The van der Waals surface area contributed by atoms with Crippen LogP contribution in [0.2, 0.25) is 5.02 Å². The fourth-order valence-electron chi connectivity index (χ4n) is 3.69. The first-order chi connectivity index (χ1) is 15.5. The number of hydrogen-bond donors (Lipinski definition) is 1. The van der Waals surface area contributed by atoms with Gasteiger partial charge in [0, 0.05) is 33.6 Å². The van der Waals surface area contributed by atoms with E-state index >= 15 is 0 Å². The summed E-state index contributed by atoms with van der Waals surface area (Å²) in [6, 6.07) is 16.8. The van der Waals surface area contributed by atoms with Gasteiger partial charge < -0.3 is 5.32 Å². The second-order valence-corrected chi connectivity index (χ2v) is 7.95. The zero-order valence-electron chi connectivity index (χ0n) is 17.0. The van der Waals surface area contributed by atoms with Gasteiger partial charge in [-0.2, -0.15) is 0 Å². The Morgan fingerprint density at radius 1 is 0.938 bits per heavy atom. The van der Waals surface area contributed by atoms with Crippen molar-refractivity contribution in [3.05, 3.63) is 106 Å². The molecule has 0 saturated heterocycles. The number of fused-ring (bicyclic) bond motifs is 3. The fraction of sp³-hybridized carbons (Fsp3) is 0.0800. The Morgan fingerprint density at radius 3 is 2.44 bits per heavy atom. The van der Waals surface area contributed by atoms with Crippen LogP contribution in [-0.4, -0.2) is 15.7 Å². The number of anilines is 2. The van der Waals surface area contributed by atoms with Crippen molar-refractivity contribution in [3.63, 3.8) is 0 Å². The van der Waals surface area contributed by atoms with Crippen molar-refractivity contribution in [2.24, 2.45) is 4.99 Å². The Labute approximate surface area is 188 Å². The lowest BCUT2D eigenvalue weighted by Crippen LogP contribution is -2.10. The SMILES string of the molecule is Cc1ccc(Nc2ncc3c(n2)-c2ccc(Cl)cc2C(c2c(F)cccc2F)=NC3)cc1. The molecule has 0 atom stereocenters. The molecular weight excluding hydrogens is 430 g/mol. The molecule has 3 aromatic carbocycles. The number of nitrogens with one attached hydrogen (secondary N) is 1. The molecule has 0 bridgehead atoms. The van der Waals surface area contributed by atoms with E-state index in [-0.39, 0.29) is 17.8 Å². The molecule has 2 heterocycles. The molecule has 0 spiro atoms. The number of halogens is 3. The molecule has 5 rings (SSSR count). The lowest BCUT2D eigenvalue weighted by Gasteiger charge is -2.13. The molecule has 0 amide bonds.